The van der Waals surface area contributed by atoms with E-state index >= 15 is 0 Å². The zero-order valence-corrected chi connectivity index (χ0v) is 59.0. The van der Waals surface area contributed by atoms with E-state index in [1.807, 2.05) is 11.4 Å². The first kappa shape index (κ1) is 70.4. The van der Waals surface area contributed by atoms with Gasteiger partial charge in [0, 0.05) is 86.4 Å². The normalized spacial score (nSPS) is 39.2. The van der Waals surface area contributed by atoms with E-state index in [1.54, 1.807) is 58.7 Å². The van der Waals surface area contributed by atoms with Crippen molar-refractivity contribution in [2.45, 2.75) is 237 Å². The molecule has 0 bridgehead atoms. The molecule has 2 spiro atoms. The van der Waals surface area contributed by atoms with Gasteiger partial charge in [0.2, 0.25) is 5.91 Å². The van der Waals surface area contributed by atoms with Crippen LogP contribution in [0.2, 0.25) is 0 Å². The maximum atomic E-state index is 13.9. The highest BCUT2D eigenvalue weighted by atomic mass is 19.4. The van der Waals surface area contributed by atoms with Gasteiger partial charge in [0.05, 0.1) is 35.6 Å². The number of fused-ring (bicyclic) bond motifs is 12. The number of allylic oxidation sites excluding steroid dienone is 4. The highest BCUT2D eigenvalue weighted by Gasteiger charge is 2.64. The molecule has 0 radical (unpaired) electrons. The van der Waals surface area contributed by atoms with Crippen LogP contribution in [0.3, 0.4) is 0 Å². The molecule has 3 amide bonds. The second-order valence-electron chi connectivity index (χ2n) is 33.0. The summed E-state index contributed by atoms with van der Waals surface area (Å²) < 4.78 is 52.8. The SMILES string of the molecule is CC1=C2C[C@H]3[C@@H](CC=C4C[C@@H](O)CC[C@@]43C)[C@@H]2CCC12O[C@@H]1C[C@H](C)CN(CCN)[C@H]1[C@H]2C.CC1=C2C[C@H]3[C@@H](CC=C4C[C@@H](O)CC[C@@]43C)[C@@H]2CCC12O[C@@H]1C[C@H](C)CN(CCNC(=O)C(CCCCNC(=O)C(F)(F)F)NC(=O)c3ccc(C(=O)c4ccccc4)cc3)[C@H]1[C@H]2C. The maximum Gasteiger partial charge on any atom is 0.471 e. The van der Waals surface area contributed by atoms with Gasteiger partial charge >= 0.3 is 12.1 Å². The van der Waals surface area contributed by atoms with Crippen molar-refractivity contribution in [2.24, 2.45) is 75.7 Å². The molecule has 8 aliphatic carbocycles. The molecular weight excluding hydrogens is 1230 g/mol. The maximum absolute atomic E-state index is 13.9. The standard InChI is InChI=1S/C51H65F3N4O6.C29H46N2O2/c1-30-26-43-44(32(3)50(64-43)22-20-38-39-18-17-36-27-37(59)19-21-49(36,4)41(39)28-40(38)31(50)2)58(29-30)25-24-55-47(62)42(12-8-9-23-56-48(63)51(52,53)54)57-46(61)35-15-13-34(14-16-35)45(60)33-10-6-5-7-11-33;1-17-13-26-27(31(16-17)12-11-30)19(3)29(33-26)10-8-22-23-6-5-20-14-21(32)7-9-28(20,4)25(23)15-24(22)18(29)2/h5-7,10-11,13-17,30,32,37-39,41-44,59H,8-9,12,18-29H2,1-4H3,(H,55,62)(H,56,63)(H,57,61);5,17,19,21-23,25-27,32H,6-16,30H2,1-4H3/t30-,32+,37-,38-,39-,41-,42?,43+,44-,49-,50?;17-,19+,21-,22-,23-,25-,26+,27-,28-,29?/m00/s1. The molecule has 4 saturated heterocycles. The number of benzene rings is 2. The lowest BCUT2D eigenvalue weighted by molar-refractivity contribution is -0.173. The lowest BCUT2D eigenvalue weighted by Gasteiger charge is -2.49. The molecule has 8 fully saturated rings. The van der Waals surface area contributed by atoms with E-state index in [0.717, 1.165) is 108 Å². The van der Waals surface area contributed by atoms with E-state index < -0.39 is 29.9 Å². The van der Waals surface area contributed by atoms with Crippen LogP contribution >= 0.6 is 0 Å². The minimum Gasteiger partial charge on any atom is -0.393 e. The number of aliphatic hydroxyl groups is 2. The number of unbranched alkanes of at least 4 members (excludes halogenated alkanes) is 1. The van der Waals surface area contributed by atoms with Crippen LogP contribution in [0.4, 0.5) is 13.2 Å². The van der Waals surface area contributed by atoms with Gasteiger partial charge in [-0.05, 0) is 217 Å². The Balaban J connectivity index is 0.000000214. The van der Waals surface area contributed by atoms with Crippen molar-refractivity contribution < 1.29 is 52.0 Å². The molecule has 17 heteroatoms. The van der Waals surface area contributed by atoms with Gasteiger partial charge in [-0.1, -0.05) is 118 Å². The predicted molar refractivity (Wildman–Crippen MR) is 370 cm³/mol. The fourth-order valence-electron chi connectivity index (χ4n) is 22.9. The first-order valence-electron chi connectivity index (χ1n) is 37.6. The average Bonchev–Trinajstić information content (AvgIpc) is 1.56. The number of amides is 3. The number of nitrogens with zero attached hydrogens (tertiary/aromatic N) is 2. The number of rotatable bonds is 15. The second-order valence-corrected chi connectivity index (χ2v) is 33.0. The molecule has 97 heavy (non-hydrogen) atoms. The molecule has 12 aliphatic rings. The van der Waals surface area contributed by atoms with Crippen LogP contribution in [0, 0.1) is 70.0 Å². The molecule has 7 N–H and O–H groups in total. The van der Waals surface area contributed by atoms with Crippen molar-refractivity contribution in [1.29, 1.82) is 0 Å². The lowest BCUT2D eigenvalue weighted by Crippen LogP contribution is -2.55. The summed E-state index contributed by atoms with van der Waals surface area (Å²) in [7, 11) is 0. The van der Waals surface area contributed by atoms with Gasteiger partial charge in [0.15, 0.2) is 5.78 Å². The minimum atomic E-state index is -4.99. The van der Waals surface area contributed by atoms with Gasteiger partial charge in [0.25, 0.3) is 5.91 Å². The largest absolute Gasteiger partial charge is 0.471 e. The molecule has 14 nitrogen and oxygen atoms in total. The Labute approximate surface area is 574 Å². The van der Waals surface area contributed by atoms with Crippen molar-refractivity contribution >= 4 is 23.5 Å². The van der Waals surface area contributed by atoms with Crippen molar-refractivity contribution in [2.75, 3.05) is 45.8 Å². The molecule has 4 saturated carbocycles. The predicted octanol–water partition coefficient (Wildman–Crippen LogP) is 12.4. The molecule has 4 aliphatic heterocycles. The summed E-state index contributed by atoms with van der Waals surface area (Å²) >= 11 is 0. The van der Waals surface area contributed by atoms with E-state index in [4.69, 9.17) is 15.2 Å². The van der Waals surface area contributed by atoms with Gasteiger partial charge in [-0.3, -0.25) is 29.0 Å². The smallest absolute Gasteiger partial charge is 0.393 e. The van der Waals surface area contributed by atoms with Crippen molar-refractivity contribution in [3.05, 3.63) is 117 Å². The molecule has 14 rings (SSSR count). The molecule has 530 valence electrons. The van der Waals surface area contributed by atoms with Crippen LogP contribution in [0.1, 0.15) is 204 Å². The van der Waals surface area contributed by atoms with Crippen LogP contribution in [0.5, 0.6) is 0 Å². The Bertz CT molecular complexity index is 3410. The number of hydrogen-bond acceptors (Lipinski definition) is 11. The Morgan fingerprint density at radius 3 is 1.64 bits per heavy atom. The van der Waals surface area contributed by atoms with E-state index in [1.165, 1.54) is 61.9 Å². The van der Waals surface area contributed by atoms with Crippen LogP contribution < -0.4 is 21.7 Å². The van der Waals surface area contributed by atoms with Crippen molar-refractivity contribution in [3.63, 3.8) is 0 Å². The number of ketones is 1. The summed E-state index contributed by atoms with van der Waals surface area (Å²) in [6, 6.07) is 14.7. The third-order valence-electron chi connectivity index (χ3n) is 27.8. The highest BCUT2D eigenvalue weighted by Crippen LogP contribution is 2.67. The Morgan fingerprint density at radius 1 is 0.639 bits per heavy atom. The monoisotopic (exact) mass is 1340 g/mol. The lowest BCUT2D eigenvalue weighted by atomic mass is 9.56. The fraction of sp³-hybridized carbons (Fsp3) is 0.700. The number of carbonyl (C=O) groups excluding carboxylic acids is 4. The quantitative estimate of drug-likeness (QED) is 0.0564. The minimum absolute atomic E-state index is 0.0640. The number of nitrogens with two attached hydrogens (primary N) is 1. The van der Waals surface area contributed by atoms with E-state index in [2.05, 4.69) is 88.0 Å². The zero-order chi connectivity index (χ0) is 68.7. The summed E-state index contributed by atoms with van der Waals surface area (Å²) in [6.45, 7) is 23.7. The molecule has 2 aromatic carbocycles. The highest BCUT2D eigenvalue weighted by molar-refractivity contribution is 6.09. The van der Waals surface area contributed by atoms with Gasteiger partial charge < -0.3 is 41.4 Å². The molecular formula is C80H111F3N6O8. The van der Waals surface area contributed by atoms with E-state index in [0.29, 0.717) is 77.3 Å². The summed E-state index contributed by atoms with van der Waals surface area (Å²) in [5, 5.41) is 28.6. The summed E-state index contributed by atoms with van der Waals surface area (Å²) in [5.74, 6) is 2.83. The molecule has 0 aromatic heterocycles. The Kier molecular flexibility index (Phi) is 20.1. The number of alkyl halides is 3. The second kappa shape index (κ2) is 27.7. The molecule has 2 aromatic rings. The van der Waals surface area contributed by atoms with Gasteiger partial charge in [0.1, 0.15) is 6.04 Å². The number of piperidine rings is 2. The number of aliphatic hydroxyl groups excluding tert-OH is 2. The van der Waals surface area contributed by atoms with Crippen LogP contribution in [-0.2, 0) is 19.1 Å². The van der Waals surface area contributed by atoms with E-state index in [-0.39, 0.29) is 84.0 Å². The number of carbonyl (C=O) groups is 4. The molecule has 3 unspecified atom stereocenters. The number of nitrogens with one attached hydrogen (secondary N) is 3. The van der Waals surface area contributed by atoms with Crippen molar-refractivity contribution in [3.8, 4) is 0 Å². The molecule has 21 atom stereocenters. The zero-order valence-electron chi connectivity index (χ0n) is 59.0. The van der Waals surface area contributed by atoms with Crippen LogP contribution in [0.25, 0.3) is 0 Å². The van der Waals surface area contributed by atoms with Crippen molar-refractivity contribution in [1.82, 2.24) is 25.8 Å². The third-order valence-corrected chi connectivity index (χ3v) is 27.8. The fourth-order valence-corrected chi connectivity index (χ4v) is 22.9. The Morgan fingerprint density at radius 2 is 1.13 bits per heavy atom. The number of ether oxygens (including phenoxy) is 2. The number of likely N-dealkylation sites (tertiary alicyclic amines) is 2. The number of hydrogen-bond donors (Lipinski definition) is 6. The first-order chi connectivity index (χ1) is 46.3. The average molecular weight is 1340 g/mol. The van der Waals surface area contributed by atoms with Gasteiger partial charge in [-0.2, -0.15) is 13.2 Å². The summed E-state index contributed by atoms with van der Waals surface area (Å²) in [4.78, 5) is 56.8. The summed E-state index contributed by atoms with van der Waals surface area (Å²) in [6.07, 6.45) is 18.0. The van der Waals surface area contributed by atoms with Crippen LogP contribution in [-0.4, -0.2) is 149 Å². The van der Waals surface area contributed by atoms with Gasteiger partial charge in [-0.25, -0.2) is 0 Å². The third kappa shape index (κ3) is 12.9. The topological polar surface area (TPSA) is 196 Å². The Hall–Kier alpha value is -5.01. The number of halogens is 3. The van der Waals surface area contributed by atoms with Crippen LogP contribution in [0.15, 0.2) is 100 Å². The summed E-state index contributed by atoms with van der Waals surface area (Å²) in [5.41, 5.74) is 16.7. The first-order valence-corrected chi connectivity index (χ1v) is 37.6. The molecule has 4 heterocycles. The van der Waals surface area contributed by atoms with E-state index in [9.17, 15) is 42.6 Å². The van der Waals surface area contributed by atoms with Gasteiger partial charge in [-0.15, -0.1) is 0 Å².